The molecule has 0 saturated heterocycles. The minimum absolute atomic E-state index is 0.0860. The van der Waals surface area contributed by atoms with Crippen LogP contribution < -0.4 is 15.2 Å². The van der Waals surface area contributed by atoms with E-state index >= 15 is 0 Å². The van der Waals surface area contributed by atoms with Gasteiger partial charge in [0.15, 0.2) is 0 Å². The van der Waals surface area contributed by atoms with E-state index in [0.29, 0.717) is 6.54 Å². The van der Waals surface area contributed by atoms with E-state index in [9.17, 15) is 0 Å². The van der Waals surface area contributed by atoms with Gasteiger partial charge in [-0.3, -0.25) is 0 Å². The summed E-state index contributed by atoms with van der Waals surface area (Å²) in [6.07, 6.45) is 2.25. The van der Waals surface area contributed by atoms with Gasteiger partial charge in [-0.05, 0) is 31.4 Å². The average Bonchev–Trinajstić information content (AvgIpc) is 3.09. The maximum Gasteiger partial charge on any atom is 0.129 e. The standard InChI is InChI=1S/C13H19NO2/c1-9-4-5-10(15-2)11(12(9)16-3)13(8-14)6-7-13/h4-5H,6-8,14H2,1-3H3. The van der Waals surface area contributed by atoms with Crippen molar-refractivity contribution in [3.63, 3.8) is 0 Å². The molecule has 1 fully saturated rings. The number of methoxy groups -OCH3 is 2. The van der Waals surface area contributed by atoms with E-state index in [2.05, 4.69) is 0 Å². The number of nitrogens with two attached hydrogens (primary N) is 1. The van der Waals surface area contributed by atoms with Gasteiger partial charge in [-0.1, -0.05) is 6.07 Å². The van der Waals surface area contributed by atoms with Gasteiger partial charge < -0.3 is 15.2 Å². The monoisotopic (exact) mass is 221 g/mol. The van der Waals surface area contributed by atoms with Crippen LogP contribution in [0.3, 0.4) is 0 Å². The molecule has 0 aliphatic heterocycles. The Hall–Kier alpha value is -1.22. The third-order valence-electron chi connectivity index (χ3n) is 3.51. The third-order valence-corrected chi connectivity index (χ3v) is 3.51. The van der Waals surface area contributed by atoms with E-state index in [-0.39, 0.29) is 5.41 Å². The van der Waals surface area contributed by atoms with Crippen molar-refractivity contribution in [1.29, 1.82) is 0 Å². The van der Waals surface area contributed by atoms with Crippen molar-refractivity contribution in [3.8, 4) is 11.5 Å². The third kappa shape index (κ3) is 1.55. The van der Waals surface area contributed by atoms with Gasteiger partial charge in [0, 0.05) is 17.5 Å². The first kappa shape index (κ1) is 11.3. The van der Waals surface area contributed by atoms with Crippen molar-refractivity contribution in [1.82, 2.24) is 0 Å². The highest BCUT2D eigenvalue weighted by molar-refractivity contribution is 5.56. The molecule has 3 nitrogen and oxygen atoms in total. The molecule has 1 saturated carbocycles. The Balaban J connectivity index is 2.59. The van der Waals surface area contributed by atoms with Crippen LogP contribution >= 0.6 is 0 Å². The molecule has 1 aliphatic rings. The smallest absolute Gasteiger partial charge is 0.129 e. The zero-order chi connectivity index (χ0) is 11.8. The van der Waals surface area contributed by atoms with Crippen LogP contribution in [0.15, 0.2) is 12.1 Å². The summed E-state index contributed by atoms with van der Waals surface area (Å²) in [4.78, 5) is 0. The SMILES string of the molecule is COc1ccc(C)c(OC)c1C1(CN)CC1. The van der Waals surface area contributed by atoms with Gasteiger partial charge in [0.25, 0.3) is 0 Å². The van der Waals surface area contributed by atoms with Crippen molar-refractivity contribution in [2.24, 2.45) is 5.73 Å². The lowest BCUT2D eigenvalue weighted by atomic mass is 9.92. The molecule has 0 amide bonds. The Morgan fingerprint density at radius 1 is 1.25 bits per heavy atom. The number of hydrogen-bond acceptors (Lipinski definition) is 3. The largest absolute Gasteiger partial charge is 0.496 e. The van der Waals surface area contributed by atoms with E-state index in [4.69, 9.17) is 15.2 Å². The molecular formula is C13H19NO2. The maximum atomic E-state index is 5.89. The van der Waals surface area contributed by atoms with E-state index in [1.54, 1.807) is 14.2 Å². The molecule has 0 aromatic heterocycles. The summed E-state index contributed by atoms with van der Waals surface area (Å²) >= 11 is 0. The van der Waals surface area contributed by atoms with Gasteiger partial charge in [-0.15, -0.1) is 0 Å². The first-order valence-corrected chi connectivity index (χ1v) is 5.60. The second kappa shape index (κ2) is 3.98. The van der Waals surface area contributed by atoms with E-state index in [0.717, 1.165) is 35.5 Å². The Kier molecular flexibility index (Phi) is 2.80. The summed E-state index contributed by atoms with van der Waals surface area (Å²) in [5, 5.41) is 0. The van der Waals surface area contributed by atoms with Gasteiger partial charge in [-0.25, -0.2) is 0 Å². The predicted octanol–water partition coefficient (Wildman–Crippen LogP) is 2.00. The van der Waals surface area contributed by atoms with Crippen LogP contribution in [-0.4, -0.2) is 20.8 Å². The molecule has 0 unspecified atom stereocenters. The molecule has 1 aromatic carbocycles. The van der Waals surface area contributed by atoms with Gasteiger partial charge >= 0.3 is 0 Å². The first-order valence-electron chi connectivity index (χ1n) is 5.60. The van der Waals surface area contributed by atoms with Gasteiger partial charge in [0.2, 0.25) is 0 Å². The summed E-state index contributed by atoms with van der Waals surface area (Å²) in [5.74, 6) is 1.83. The van der Waals surface area contributed by atoms with E-state index < -0.39 is 0 Å². The summed E-state index contributed by atoms with van der Waals surface area (Å²) in [6, 6.07) is 4.02. The molecule has 0 bridgehead atoms. The Morgan fingerprint density at radius 3 is 2.38 bits per heavy atom. The van der Waals surface area contributed by atoms with Crippen molar-refractivity contribution >= 4 is 0 Å². The molecule has 16 heavy (non-hydrogen) atoms. The molecule has 2 N–H and O–H groups in total. The van der Waals surface area contributed by atoms with Crippen molar-refractivity contribution in [2.75, 3.05) is 20.8 Å². The molecule has 0 radical (unpaired) electrons. The van der Waals surface area contributed by atoms with Crippen molar-refractivity contribution in [2.45, 2.75) is 25.2 Å². The predicted molar refractivity (Wildman–Crippen MR) is 64.2 cm³/mol. The van der Waals surface area contributed by atoms with Gasteiger partial charge in [-0.2, -0.15) is 0 Å². The fraction of sp³-hybridized carbons (Fsp3) is 0.538. The Labute approximate surface area is 96.5 Å². The van der Waals surface area contributed by atoms with E-state index in [1.807, 2.05) is 19.1 Å². The fourth-order valence-corrected chi connectivity index (χ4v) is 2.31. The molecule has 0 heterocycles. The Bertz CT molecular complexity index is 397. The lowest BCUT2D eigenvalue weighted by molar-refractivity contribution is 0.374. The Morgan fingerprint density at radius 2 is 1.94 bits per heavy atom. The lowest BCUT2D eigenvalue weighted by Crippen LogP contribution is -2.21. The highest BCUT2D eigenvalue weighted by atomic mass is 16.5. The van der Waals surface area contributed by atoms with Crippen LogP contribution in [0.5, 0.6) is 11.5 Å². The van der Waals surface area contributed by atoms with Crippen molar-refractivity contribution < 1.29 is 9.47 Å². The summed E-state index contributed by atoms with van der Waals surface area (Å²) in [6.45, 7) is 2.71. The van der Waals surface area contributed by atoms with Crippen LogP contribution in [0, 0.1) is 6.92 Å². The molecule has 1 aliphatic carbocycles. The molecule has 0 atom stereocenters. The second-order valence-electron chi connectivity index (χ2n) is 4.48. The highest BCUT2D eigenvalue weighted by Crippen LogP contribution is 2.54. The first-order chi connectivity index (χ1) is 7.68. The number of ether oxygens (including phenoxy) is 2. The maximum absolute atomic E-state index is 5.89. The average molecular weight is 221 g/mol. The number of rotatable bonds is 4. The molecule has 3 heteroatoms. The zero-order valence-corrected chi connectivity index (χ0v) is 10.2. The zero-order valence-electron chi connectivity index (χ0n) is 10.2. The second-order valence-corrected chi connectivity index (χ2v) is 4.48. The lowest BCUT2D eigenvalue weighted by Gasteiger charge is -2.21. The fourth-order valence-electron chi connectivity index (χ4n) is 2.31. The molecule has 2 rings (SSSR count). The molecule has 88 valence electrons. The van der Waals surface area contributed by atoms with Gasteiger partial charge in [0.1, 0.15) is 11.5 Å². The van der Waals surface area contributed by atoms with Crippen LogP contribution in [0.4, 0.5) is 0 Å². The number of aryl methyl sites for hydroxylation is 1. The van der Waals surface area contributed by atoms with E-state index in [1.165, 1.54) is 0 Å². The topological polar surface area (TPSA) is 44.5 Å². The molecule has 0 spiro atoms. The van der Waals surface area contributed by atoms with Crippen LogP contribution in [0.25, 0.3) is 0 Å². The van der Waals surface area contributed by atoms with Crippen molar-refractivity contribution in [3.05, 3.63) is 23.3 Å². The number of benzene rings is 1. The minimum atomic E-state index is 0.0860. The quantitative estimate of drug-likeness (QED) is 0.845. The van der Waals surface area contributed by atoms with Gasteiger partial charge in [0.05, 0.1) is 14.2 Å². The summed E-state index contributed by atoms with van der Waals surface area (Å²) in [5.41, 5.74) is 8.26. The van der Waals surface area contributed by atoms with Crippen LogP contribution in [0.2, 0.25) is 0 Å². The number of hydrogen-bond donors (Lipinski definition) is 1. The minimum Gasteiger partial charge on any atom is -0.496 e. The summed E-state index contributed by atoms with van der Waals surface area (Å²) in [7, 11) is 3.40. The summed E-state index contributed by atoms with van der Waals surface area (Å²) < 4.78 is 10.9. The highest BCUT2D eigenvalue weighted by Gasteiger charge is 2.47. The van der Waals surface area contributed by atoms with Crippen LogP contribution in [-0.2, 0) is 5.41 Å². The van der Waals surface area contributed by atoms with Crippen LogP contribution in [0.1, 0.15) is 24.0 Å². The normalized spacial score (nSPS) is 17.0. The molecular weight excluding hydrogens is 202 g/mol. The molecule has 1 aromatic rings.